The highest BCUT2D eigenvalue weighted by Gasteiger charge is 2.33. The number of hydrogen-bond donors (Lipinski definition) is 0. The molecular weight excluding hydrogens is 209 g/mol. The Bertz CT molecular complexity index is 433. The van der Waals surface area contributed by atoms with Gasteiger partial charge in [-0.05, 0) is 12.1 Å². The molecule has 0 aliphatic carbocycles. The molecule has 0 saturated carbocycles. The van der Waals surface area contributed by atoms with Gasteiger partial charge in [0.2, 0.25) is 0 Å². The Morgan fingerprint density at radius 2 is 1.62 bits per heavy atom. The van der Waals surface area contributed by atoms with Gasteiger partial charge in [-0.3, -0.25) is 14.5 Å². The van der Waals surface area contributed by atoms with E-state index in [4.69, 9.17) is 0 Å². The highest BCUT2D eigenvalue weighted by Crippen LogP contribution is 2.21. The first-order valence-electron chi connectivity index (χ1n) is 4.92. The van der Waals surface area contributed by atoms with Gasteiger partial charge in [-0.25, -0.2) is 4.39 Å². The predicted molar refractivity (Wildman–Crippen MR) is 56.9 cm³/mol. The zero-order chi connectivity index (χ0) is 11.5. The summed E-state index contributed by atoms with van der Waals surface area (Å²) in [4.78, 5) is 24.7. The molecule has 2 amide bonds. The Labute approximate surface area is 92.2 Å². The summed E-state index contributed by atoms with van der Waals surface area (Å²) >= 11 is 0. The fourth-order valence-electron chi connectivity index (χ4n) is 1.65. The van der Waals surface area contributed by atoms with Gasteiger partial charge in [-0.1, -0.05) is 24.3 Å². The monoisotopic (exact) mass is 219 g/mol. The molecular formula is C12H10FNO2. The maximum atomic E-state index is 11.8. The number of nitrogens with zero attached hydrogens (tertiary/aromatic N) is 1. The second kappa shape index (κ2) is 4.26. The maximum absolute atomic E-state index is 11.8. The van der Waals surface area contributed by atoms with Gasteiger partial charge in [0.05, 0.1) is 11.1 Å². The van der Waals surface area contributed by atoms with Crippen molar-refractivity contribution in [3.63, 3.8) is 0 Å². The summed E-state index contributed by atoms with van der Waals surface area (Å²) in [6.07, 6.45) is 2.76. The van der Waals surface area contributed by atoms with Crippen molar-refractivity contribution in [2.45, 2.75) is 0 Å². The summed E-state index contributed by atoms with van der Waals surface area (Å²) in [6, 6.07) is 6.67. The fourth-order valence-corrected chi connectivity index (χ4v) is 1.65. The van der Waals surface area contributed by atoms with Crippen LogP contribution < -0.4 is 0 Å². The molecule has 1 aromatic carbocycles. The number of rotatable bonds is 3. The minimum atomic E-state index is -0.594. The van der Waals surface area contributed by atoms with Crippen molar-refractivity contribution in [1.82, 2.24) is 4.90 Å². The SMILES string of the molecule is O=C1c2ccccc2C(=O)N1C/C=C/CF. The quantitative estimate of drug-likeness (QED) is 0.574. The number of alkyl halides is 1. The van der Waals surface area contributed by atoms with E-state index in [1.165, 1.54) is 12.2 Å². The molecule has 82 valence electrons. The van der Waals surface area contributed by atoms with Crippen LogP contribution in [-0.4, -0.2) is 29.9 Å². The standard InChI is InChI=1S/C12H10FNO2/c13-7-3-4-8-14-11(15)9-5-1-2-6-10(9)12(14)16/h1-6H,7-8H2/b4-3+. The van der Waals surface area contributed by atoms with E-state index in [9.17, 15) is 14.0 Å². The zero-order valence-electron chi connectivity index (χ0n) is 8.52. The molecule has 0 aromatic heterocycles. The third-order valence-electron chi connectivity index (χ3n) is 2.42. The van der Waals surface area contributed by atoms with Crippen LogP contribution >= 0.6 is 0 Å². The summed E-state index contributed by atoms with van der Waals surface area (Å²) in [5.74, 6) is -0.631. The normalized spacial score (nSPS) is 14.9. The number of carbonyl (C=O) groups is 2. The molecule has 0 spiro atoms. The number of fused-ring (bicyclic) bond motifs is 1. The minimum Gasteiger partial charge on any atom is -0.270 e. The van der Waals surface area contributed by atoms with Crippen molar-refractivity contribution >= 4 is 11.8 Å². The molecule has 0 atom stereocenters. The Hall–Kier alpha value is -1.97. The van der Waals surface area contributed by atoms with Crippen LogP contribution in [0.3, 0.4) is 0 Å². The van der Waals surface area contributed by atoms with E-state index in [1.807, 2.05) is 0 Å². The lowest BCUT2D eigenvalue weighted by molar-refractivity contribution is 0.0672. The first kappa shape index (κ1) is 10.5. The molecule has 0 saturated heterocycles. The number of halogens is 1. The number of benzene rings is 1. The molecule has 0 radical (unpaired) electrons. The molecule has 0 bridgehead atoms. The van der Waals surface area contributed by atoms with Gasteiger partial charge in [-0.2, -0.15) is 0 Å². The molecule has 1 aliphatic rings. The molecule has 3 nitrogen and oxygen atoms in total. The van der Waals surface area contributed by atoms with Crippen molar-refractivity contribution in [2.75, 3.05) is 13.2 Å². The van der Waals surface area contributed by atoms with E-state index in [0.29, 0.717) is 11.1 Å². The van der Waals surface area contributed by atoms with Crippen LogP contribution in [0.4, 0.5) is 4.39 Å². The number of hydrogen-bond acceptors (Lipinski definition) is 2. The Kier molecular flexibility index (Phi) is 2.81. The van der Waals surface area contributed by atoms with Gasteiger partial charge in [0.15, 0.2) is 0 Å². The Morgan fingerprint density at radius 1 is 1.06 bits per heavy atom. The lowest BCUT2D eigenvalue weighted by Crippen LogP contribution is -2.29. The smallest absolute Gasteiger partial charge is 0.261 e. The molecule has 1 aliphatic heterocycles. The molecule has 0 fully saturated rings. The zero-order valence-corrected chi connectivity index (χ0v) is 8.52. The second-order valence-corrected chi connectivity index (χ2v) is 3.39. The lowest BCUT2D eigenvalue weighted by atomic mass is 10.1. The third-order valence-corrected chi connectivity index (χ3v) is 2.42. The van der Waals surface area contributed by atoms with Gasteiger partial charge >= 0.3 is 0 Å². The first-order chi connectivity index (χ1) is 7.75. The highest BCUT2D eigenvalue weighted by molar-refractivity contribution is 6.21. The summed E-state index contributed by atoms with van der Waals surface area (Å²) in [7, 11) is 0. The molecule has 2 rings (SSSR count). The van der Waals surface area contributed by atoms with Crippen molar-refractivity contribution in [1.29, 1.82) is 0 Å². The number of amides is 2. The van der Waals surface area contributed by atoms with Gasteiger partial charge in [0.25, 0.3) is 11.8 Å². The van der Waals surface area contributed by atoms with Crippen LogP contribution in [0, 0.1) is 0 Å². The van der Waals surface area contributed by atoms with E-state index < -0.39 is 6.67 Å². The number of imide groups is 1. The molecule has 1 aromatic rings. The van der Waals surface area contributed by atoms with Gasteiger partial charge in [0.1, 0.15) is 6.67 Å². The Balaban J connectivity index is 2.25. The summed E-state index contributed by atoms with van der Waals surface area (Å²) in [6.45, 7) is -0.473. The van der Waals surface area contributed by atoms with E-state index in [1.54, 1.807) is 24.3 Å². The Morgan fingerprint density at radius 3 is 2.12 bits per heavy atom. The van der Waals surface area contributed by atoms with Crippen LogP contribution in [0.1, 0.15) is 20.7 Å². The predicted octanol–water partition coefficient (Wildman–Crippen LogP) is 1.81. The topological polar surface area (TPSA) is 37.4 Å². The molecule has 0 N–H and O–H groups in total. The van der Waals surface area contributed by atoms with Gasteiger partial charge in [-0.15, -0.1) is 0 Å². The third kappa shape index (κ3) is 1.62. The van der Waals surface area contributed by atoms with Crippen molar-refractivity contribution in [3.8, 4) is 0 Å². The highest BCUT2D eigenvalue weighted by atomic mass is 19.1. The van der Waals surface area contributed by atoms with Crippen LogP contribution in [-0.2, 0) is 0 Å². The molecule has 16 heavy (non-hydrogen) atoms. The van der Waals surface area contributed by atoms with E-state index in [-0.39, 0.29) is 18.4 Å². The number of allylic oxidation sites excluding steroid dienone is 1. The minimum absolute atomic E-state index is 0.121. The van der Waals surface area contributed by atoms with E-state index >= 15 is 0 Å². The average Bonchev–Trinajstić information content (AvgIpc) is 2.55. The molecule has 0 unspecified atom stereocenters. The van der Waals surface area contributed by atoms with Gasteiger partial charge in [0, 0.05) is 6.54 Å². The van der Waals surface area contributed by atoms with Crippen molar-refractivity contribution < 1.29 is 14.0 Å². The van der Waals surface area contributed by atoms with E-state index in [2.05, 4.69) is 0 Å². The van der Waals surface area contributed by atoms with E-state index in [0.717, 1.165) is 4.90 Å². The van der Waals surface area contributed by atoms with Gasteiger partial charge < -0.3 is 0 Å². The van der Waals surface area contributed by atoms with Crippen molar-refractivity contribution in [3.05, 3.63) is 47.5 Å². The summed E-state index contributed by atoms with van der Waals surface area (Å²) in [5, 5.41) is 0. The summed E-state index contributed by atoms with van der Waals surface area (Å²) in [5.41, 5.74) is 0.835. The van der Waals surface area contributed by atoms with Crippen LogP contribution in [0.2, 0.25) is 0 Å². The van der Waals surface area contributed by atoms with Crippen LogP contribution in [0.5, 0.6) is 0 Å². The molecule has 4 heteroatoms. The van der Waals surface area contributed by atoms with Crippen LogP contribution in [0.15, 0.2) is 36.4 Å². The molecule has 1 heterocycles. The number of carbonyl (C=O) groups excluding carboxylic acids is 2. The fraction of sp³-hybridized carbons (Fsp3) is 0.167. The average molecular weight is 219 g/mol. The first-order valence-corrected chi connectivity index (χ1v) is 4.92. The lowest BCUT2D eigenvalue weighted by Gasteiger charge is -2.09. The largest absolute Gasteiger partial charge is 0.270 e. The van der Waals surface area contributed by atoms with Crippen LogP contribution in [0.25, 0.3) is 0 Å². The summed E-state index contributed by atoms with van der Waals surface area (Å²) < 4.78 is 11.8. The van der Waals surface area contributed by atoms with Crippen molar-refractivity contribution in [2.24, 2.45) is 0 Å². The maximum Gasteiger partial charge on any atom is 0.261 e. The second-order valence-electron chi connectivity index (χ2n) is 3.39.